The number of carbonyl (C=O) groups excluding carboxylic acids is 2. The summed E-state index contributed by atoms with van der Waals surface area (Å²) >= 11 is 0. The van der Waals surface area contributed by atoms with Crippen LogP contribution in [0.25, 0.3) is 0 Å². The van der Waals surface area contributed by atoms with Crippen molar-refractivity contribution in [3.05, 3.63) is 25.3 Å². The molecule has 0 fully saturated rings. The summed E-state index contributed by atoms with van der Waals surface area (Å²) in [7, 11) is 1.81. The highest BCUT2D eigenvalue weighted by molar-refractivity contribution is 5.91. The Morgan fingerprint density at radius 2 is 1.48 bits per heavy atom. The first-order valence-electron chi connectivity index (χ1n) is 8.46. The molecule has 0 aliphatic carbocycles. The van der Waals surface area contributed by atoms with Crippen LogP contribution in [-0.2, 0) is 9.59 Å². The highest BCUT2D eigenvalue weighted by Gasteiger charge is 2.34. The minimum atomic E-state index is -0.658. The van der Waals surface area contributed by atoms with Gasteiger partial charge in [0, 0.05) is 0 Å². The molecule has 0 saturated carbocycles. The third-order valence-corrected chi connectivity index (χ3v) is 4.75. The predicted molar refractivity (Wildman–Crippen MR) is 97.7 cm³/mol. The third-order valence-electron chi connectivity index (χ3n) is 4.75. The van der Waals surface area contributed by atoms with E-state index in [2.05, 4.69) is 23.8 Å². The second-order valence-corrected chi connectivity index (χ2v) is 6.61. The van der Waals surface area contributed by atoms with Crippen LogP contribution < -0.4 is 10.6 Å². The molecule has 0 aromatic rings. The van der Waals surface area contributed by atoms with Gasteiger partial charge in [-0.15, -0.1) is 13.2 Å². The summed E-state index contributed by atoms with van der Waals surface area (Å²) in [5.41, 5.74) is -1.23. The van der Waals surface area contributed by atoms with Gasteiger partial charge in [-0.2, -0.15) is 0 Å². The van der Waals surface area contributed by atoms with Gasteiger partial charge in [-0.3, -0.25) is 14.9 Å². The van der Waals surface area contributed by atoms with Gasteiger partial charge in [0.15, 0.2) is 5.78 Å². The molecule has 4 nitrogen and oxygen atoms in total. The Kier molecular flexibility index (Phi) is 9.93. The van der Waals surface area contributed by atoms with Crippen molar-refractivity contribution in [3.63, 3.8) is 0 Å². The second-order valence-electron chi connectivity index (χ2n) is 6.61. The topological polar surface area (TPSA) is 58.2 Å². The summed E-state index contributed by atoms with van der Waals surface area (Å²) in [5.74, 6) is 0.146. The summed E-state index contributed by atoms with van der Waals surface area (Å²) in [6, 6.07) is 0. The highest BCUT2D eigenvalue weighted by atomic mass is 16.1. The average molecular weight is 322 g/mol. The normalized spacial score (nSPS) is 16.2. The Bertz CT molecular complexity index is 420. The fourth-order valence-electron chi connectivity index (χ4n) is 2.46. The molecule has 2 atom stereocenters. The molecule has 4 heteroatoms. The van der Waals surface area contributed by atoms with Crippen LogP contribution in [0.3, 0.4) is 0 Å². The molecule has 0 aliphatic rings. The number of unbranched alkanes of at least 4 members (excludes halogenated alkanes) is 2. The SMILES string of the molecule is C=CCCC[C@@](C)(NCC(=O)[C@](C)(CCCC=C)NC)C(C)=O. The van der Waals surface area contributed by atoms with Gasteiger partial charge >= 0.3 is 0 Å². The molecule has 0 unspecified atom stereocenters. The van der Waals surface area contributed by atoms with Gasteiger partial charge < -0.3 is 5.32 Å². The Hall–Kier alpha value is -1.26. The molecule has 0 bridgehead atoms. The first-order valence-corrected chi connectivity index (χ1v) is 8.46. The lowest BCUT2D eigenvalue weighted by Gasteiger charge is -2.32. The number of allylic oxidation sites excluding steroid dienone is 2. The zero-order valence-electron chi connectivity index (χ0n) is 15.3. The Labute approximate surface area is 141 Å². The number of ketones is 2. The van der Waals surface area contributed by atoms with E-state index in [-0.39, 0.29) is 18.1 Å². The van der Waals surface area contributed by atoms with Gasteiger partial charge in [0.05, 0.1) is 17.6 Å². The second kappa shape index (κ2) is 10.5. The molecule has 132 valence electrons. The molecule has 0 amide bonds. The number of rotatable bonds is 14. The van der Waals surface area contributed by atoms with Crippen molar-refractivity contribution in [1.82, 2.24) is 10.6 Å². The first-order chi connectivity index (χ1) is 10.8. The van der Waals surface area contributed by atoms with Crippen molar-refractivity contribution in [2.75, 3.05) is 13.6 Å². The quantitative estimate of drug-likeness (QED) is 0.381. The van der Waals surface area contributed by atoms with E-state index in [1.165, 1.54) is 0 Å². The van der Waals surface area contributed by atoms with Crippen LogP contribution in [0.5, 0.6) is 0 Å². The molecule has 0 aromatic carbocycles. The van der Waals surface area contributed by atoms with Crippen molar-refractivity contribution in [3.8, 4) is 0 Å². The Balaban J connectivity index is 4.73. The fraction of sp³-hybridized carbons (Fsp3) is 0.684. The largest absolute Gasteiger partial charge is 0.308 e. The molecule has 0 heterocycles. The number of carbonyl (C=O) groups is 2. The molecule has 0 aromatic heterocycles. The summed E-state index contributed by atoms with van der Waals surface area (Å²) in [5, 5.41) is 6.32. The Morgan fingerprint density at radius 3 is 1.87 bits per heavy atom. The summed E-state index contributed by atoms with van der Waals surface area (Å²) in [4.78, 5) is 24.6. The van der Waals surface area contributed by atoms with E-state index >= 15 is 0 Å². The van der Waals surface area contributed by atoms with Crippen LogP contribution in [0.15, 0.2) is 25.3 Å². The average Bonchev–Trinajstić information content (AvgIpc) is 2.52. The number of likely N-dealkylation sites (N-methyl/N-ethyl adjacent to an activating group) is 1. The molecule has 0 radical (unpaired) electrons. The molecule has 0 saturated heterocycles. The molecular weight excluding hydrogens is 288 g/mol. The van der Waals surface area contributed by atoms with Gasteiger partial charge in [0.1, 0.15) is 5.78 Å². The van der Waals surface area contributed by atoms with Crippen LogP contribution in [0.4, 0.5) is 0 Å². The van der Waals surface area contributed by atoms with Crippen molar-refractivity contribution < 1.29 is 9.59 Å². The van der Waals surface area contributed by atoms with Crippen molar-refractivity contribution in [2.24, 2.45) is 0 Å². The summed E-state index contributed by atoms with van der Waals surface area (Å²) in [6.07, 6.45) is 8.73. The smallest absolute Gasteiger partial charge is 0.166 e. The van der Waals surface area contributed by atoms with Crippen LogP contribution in [-0.4, -0.2) is 36.2 Å². The number of nitrogens with one attached hydrogen (secondary N) is 2. The Morgan fingerprint density at radius 1 is 1.00 bits per heavy atom. The number of hydrogen-bond acceptors (Lipinski definition) is 4. The van der Waals surface area contributed by atoms with Gasteiger partial charge in [-0.05, 0) is 66.3 Å². The van der Waals surface area contributed by atoms with E-state index in [9.17, 15) is 9.59 Å². The standard InChI is InChI=1S/C19H34N2O2/c1-7-9-11-13-18(4,16(3)22)21-15-17(23)19(5,20-6)14-12-10-8-2/h7-8,20-21H,1-2,9-15H2,3-6H3/t18-,19+/m1/s1. The van der Waals surface area contributed by atoms with E-state index in [0.29, 0.717) is 6.42 Å². The van der Waals surface area contributed by atoms with Gasteiger partial charge in [0.2, 0.25) is 0 Å². The van der Waals surface area contributed by atoms with Gasteiger partial charge in [-0.1, -0.05) is 12.2 Å². The molecule has 23 heavy (non-hydrogen) atoms. The van der Waals surface area contributed by atoms with Crippen LogP contribution in [0.1, 0.15) is 59.3 Å². The lowest BCUT2D eigenvalue weighted by molar-refractivity contribution is -0.126. The van der Waals surface area contributed by atoms with Gasteiger partial charge in [0.25, 0.3) is 0 Å². The van der Waals surface area contributed by atoms with Crippen molar-refractivity contribution in [2.45, 2.75) is 70.4 Å². The van der Waals surface area contributed by atoms with Crippen molar-refractivity contribution in [1.29, 1.82) is 0 Å². The van der Waals surface area contributed by atoms with Crippen LogP contribution in [0.2, 0.25) is 0 Å². The molecule has 2 N–H and O–H groups in total. The minimum Gasteiger partial charge on any atom is -0.308 e. The van der Waals surface area contributed by atoms with Crippen LogP contribution in [0, 0.1) is 0 Å². The third kappa shape index (κ3) is 7.23. The monoisotopic (exact) mass is 322 g/mol. The minimum absolute atomic E-state index is 0.0622. The molecular formula is C19H34N2O2. The van der Waals surface area contributed by atoms with Crippen molar-refractivity contribution >= 4 is 11.6 Å². The molecule has 0 aliphatic heterocycles. The summed E-state index contributed by atoms with van der Waals surface area (Å²) < 4.78 is 0. The lowest BCUT2D eigenvalue weighted by Crippen LogP contribution is -2.56. The highest BCUT2D eigenvalue weighted by Crippen LogP contribution is 2.18. The first kappa shape index (κ1) is 21.7. The maximum Gasteiger partial charge on any atom is 0.166 e. The predicted octanol–water partition coefficient (Wildman–Crippen LogP) is 3.18. The number of Topliss-reactive ketones (excluding diaryl/α,β-unsaturated/α-hetero) is 2. The van der Waals surface area contributed by atoms with E-state index in [1.54, 1.807) is 14.0 Å². The fourth-order valence-corrected chi connectivity index (χ4v) is 2.46. The maximum atomic E-state index is 12.6. The van der Waals surface area contributed by atoms with E-state index < -0.39 is 11.1 Å². The zero-order valence-corrected chi connectivity index (χ0v) is 15.3. The molecule has 0 rings (SSSR count). The number of hydrogen-bond donors (Lipinski definition) is 2. The van der Waals surface area contributed by atoms with Gasteiger partial charge in [-0.25, -0.2) is 0 Å². The van der Waals surface area contributed by atoms with E-state index in [0.717, 1.165) is 32.1 Å². The lowest BCUT2D eigenvalue weighted by atomic mass is 9.87. The van der Waals surface area contributed by atoms with E-state index in [4.69, 9.17) is 0 Å². The molecule has 0 spiro atoms. The summed E-state index contributed by atoms with van der Waals surface area (Å²) in [6.45, 7) is 13.0. The van der Waals surface area contributed by atoms with Crippen LogP contribution >= 0.6 is 0 Å². The van der Waals surface area contributed by atoms with E-state index in [1.807, 2.05) is 26.0 Å². The maximum absolute atomic E-state index is 12.6. The zero-order chi connectivity index (χ0) is 17.9.